The number of carbonyl (C=O) groups is 1. The predicted octanol–water partition coefficient (Wildman–Crippen LogP) is 1.03. The number of nitrogen functional groups attached to an aromatic ring is 1. The Morgan fingerprint density at radius 2 is 2.41 bits per heavy atom. The summed E-state index contributed by atoms with van der Waals surface area (Å²) in [7, 11) is 1.71. The minimum atomic E-state index is -0.165. The van der Waals surface area contributed by atoms with Crippen LogP contribution in [-0.4, -0.2) is 33.0 Å². The van der Waals surface area contributed by atoms with Gasteiger partial charge >= 0.3 is 0 Å². The van der Waals surface area contributed by atoms with Crippen LogP contribution in [0.25, 0.3) is 0 Å². The summed E-state index contributed by atoms with van der Waals surface area (Å²) >= 11 is 1.57. The highest BCUT2D eigenvalue weighted by Crippen LogP contribution is 2.13. The Bertz CT molecular complexity index is 532. The summed E-state index contributed by atoms with van der Waals surface area (Å²) in [5.41, 5.74) is 6.87. The van der Waals surface area contributed by atoms with Crippen molar-refractivity contribution in [1.29, 1.82) is 0 Å². The first-order valence-electron chi connectivity index (χ1n) is 5.03. The van der Waals surface area contributed by atoms with E-state index in [2.05, 4.69) is 15.2 Å². The Labute approximate surface area is 102 Å². The van der Waals surface area contributed by atoms with Crippen molar-refractivity contribution >= 4 is 23.1 Å². The second-order valence-electron chi connectivity index (χ2n) is 3.72. The number of hydrogen-bond acceptors (Lipinski definition) is 5. The van der Waals surface area contributed by atoms with E-state index >= 15 is 0 Å². The molecular weight excluding hydrogens is 238 g/mol. The average molecular weight is 251 g/mol. The van der Waals surface area contributed by atoms with E-state index in [4.69, 9.17) is 5.73 Å². The number of hydrogen-bond donors (Lipinski definition) is 2. The lowest BCUT2D eigenvalue weighted by molar-refractivity contribution is 0.0784. The van der Waals surface area contributed by atoms with Crippen molar-refractivity contribution in [2.75, 3.05) is 12.8 Å². The van der Waals surface area contributed by atoms with Gasteiger partial charge in [-0.05, 0) is 6.92 Å². The van der Waals surface area contributed by atoms with E-state index in [1.54, 1.807) is 23.3 Å². The lowest BCUT2D eigenvalue weighted by Crippen LogP contribution is -2.26. The standard InChI is InChI=1S/C10H13N5OS/c1-6-13-7(5-17-6)4-15(2)10(16)8-3-12-14-9(8)11/h3,5H,4H2,1-2H3,(H3,11,12,14). The van der Waals surface area contributed by atoms with Gasteiger partial charge in [-0.2, -0.15) is 5.10 Å². The Balaban J connectivity index is 2.08. The topological polar surface area (TPSA) is 87.9 Å². The maximum atomic E-state index is 12.0. The van der Waals surface area contributed by atoms with Crippen molar-refractivity contribution in [3.63, 3.8) is 0 Å². The van der Waals surface area contributed by atoms with Gasteiger partial charge in [0.2, 0.25) is 0 Å². The molecule has 2 heterocycles. The van der Waals surface area contributed by atoms with Crippen molar-refractivity contribution in [2.24, 2.45) is 0 Å². The molecular formula is C10H13N5OS. The number of aromatic amines is 1. The number of aryl methyl sites for hydroxylation is 1. The van der Waals surface area contributed by atoms with Gasteiger partial charge in [0, 0.05) is 12.4 Å². The van der Waals surface area contributed by atoms with Gasteiger partial charge in [0.25, 0.3) is 5.91 Å². The molecule has 7 heteroatoms. The van der Waals surface area contributed by atoms with Crippen molar-refractivity contribution < 1.29 is 4.79 Å². The zero-order valence-corrected chi connectivity index (χ0v) is 10.4. The summed E-state index contributed by atoms with van der Waals surface area (Å²) in [6.45, 7) is 2.40. The van der Waals surface area contributed by atoms with Gasteiger partial charge in [0.1, 0.15) is 11.4 Å². The molecule has 0 saturated carbocycles. The third-order valence-corrected chi connectivity index (χ3v) is 3.13. The predicted molar refractivity (Wildman–Crippen MR) is 65.6 cm³/mol. The fourth-order valence-electron chi connectivity index (χ4n) is 1.47. The van der Waals surface area contributed by atoms with Gasteiger partial charge in [-0.3, -0.25) is 9.89 Å². The summed E-state index contributed by atoms with van der Waals surface area (Å²) in [4.78, 5) is 17.9. The monoisotopic (exact) mass is 251 g/mol. The third-order valence-electron chi connectivity index (χ3n) is 2.31. The molecule has 1 amide bonds. The molecule has 0 bridgehead atoms. The van der Waals surface area contributed by atoms with Gasteiger partial charge in [0.15, 0.2) is 0 Å². The Kier molecular flexibility index (Phi) is 3.10. The summed E-state index contributed by atoms with van der Waals surface area (Å²) in [5, 5.41) is 9.20. The highest BCUT2D eigenvalue weighted by atomic mass is 32.1. The number of rotatable bonds is 3. The summed E-state index contributed by atoms with van der Waals surface area (Å²) < 4.78 is 0. The van der Waals surface area contributed by atoms with E-state index < -0.39 is 0 Å². The van der Waals surface area contributed by atoms with Crippen molar-refractivity contribution in [3.05, 3.63) is 27.8 Å². The lowest BCUT2D eigenvalue weighted by atomic mass is 10.3. The number of H-pyrrole nitrogens is 1. The summed E-state index contributed by atoms with van der Waals surface area (Å²) in [6.07, 6.45) is 1.43. The third kappa shape index (κ3) is 2.44. The zero-order chi connectivity index (χ0) is 12.4. The number of nitrogens with two attached hydrogens (primary N) is 1. The SMILES string of the molecule is Cc1nc(CN(C)C(=O)c2cn[nH]c2N)cs1. The second-order valence-corrected chi connectivity index (χ2v) is 4.78. The van der Waals surface area contributed by atoms with Crippen molar-refractivity contribution in [1.82, 2.24) is 20.1 Å². The molecule has 0 saturated heterocycles. The highest BCUT2D eigenvalue weighted by Gasteiger charge is 2.17. The van der Waals surface area contributed by atoms with Crippen LogP contribution in [0.3, 0.4) is 0 Å². The number of anilines is 1. The molecule has 2 aromatic rings. The van der Waals surface area contributed by atoms with E-state index in [9.17, 15) is 4.79 Å². The fraction of sp³-hybridized carbons (Fsp3) is 0.300. The number of aromatic nitrogens is 3. The molecule has 17 heavy (non-hydrogen) atoms. The Morgan fingerprint density at radius 3 is 2.94 bits per heavy atom. The average Bonchev–Trinajstić information content (AvgIpc) is 2.86. The van der Waals surface area contributed by atoms with E-state index in [-0.39, 0.29) is 11.7 Å². The number of thiazole rings is 1. The molecule has 0 radical (unpaired) electrons. The van der Waals surface area contributed by atoms with Crippen LogP contribution < -0.4 is 5.73 Å². The van der Waals surface area contributed by atoms with Crippen LogP contribution in [0.4, 0.5) is 5.82 Å². The zero-order valence-electron chi connectivity index (χ0n) is 9.60. The highest BCUT2D eigenvalue weighted by molar-refractivity contribution is 7.09. The maximum absolute atomic E-state index is 12.0. The quantitative estimate of drug-likeness (QED) is 0.852. The lowest BCUT2D eigenvalue weighted by Gasteiger charge is -2.14. The molecule has 3 N–H and O–H groups in total. The van der Waals surface area contributed by atoms with Crippen LogP contribution >= 0.6 is 11.3 Å². The number of carbonyl (C=O) groups excluding carboxylic acids is 1. The minimum absolute atomic E-state index is 0.165. The molecule has 0 aliphatic rings. The van der Waals surface area contributed by atoms with E-state index in [1.165, 1.54) is 6.20 Å². The number of amides is 1. The number of nitrogens with zero attached hydrogens (tertiary/aromatic N) is 3. The van der Waals surface area contributed by atoms with Gasteiger partial charge in [-0.25, -0.2) is 4.98 Å². The molecule has 0 aliphatic heterocycles. The van der Waals surface area contributed by atoms with Crippen LogP contribution in [-0.2, 0) is 6.54 Å². The minimum Gasteiger partial charge on any atom is -0.383 e. The molecule has 0 aliphatic carbocycles. The van der Waals surface area contributed by atoms with Gasteiger partial charge in [0.05, 0.1) is 23.4 Å². The van der Waals surface area contributed by atoms with Crippen LogP contribution in [0.15, 0.2) is 11.6 Å². The van der Waals surface area contributed by atoms with Crippen LogP contribution in [0.1, 0.15) is 21.1 Å². The molecule has 0 atom stereocenters. The molecule has 0 fully saturated rings. The first-order chi connectivity index (χ1) is 8.08. The maximum Gasteiger partial charge on any atom is 0.259 e. The van der Waals surface area contributed by atoms with Crippen molar-refractivity contribution in [3.8, 4) is 0 Å². The largest absolute Gasteiger partial charge is 0.383 e. The van der Waals surface area contributed by atoms with Gasteiger partial charge in [-0.1, -0.05) is 0 Å². The van der Waals surface area contributed by atoms with Crippen molar-refractivity contribution in [2.45, 2.75) is 13.5 Å². The Morgan fingerprint density at radius 1 is 1.65 bits per heavy atom. The number of nitrogens with one attached hydrogen (secondary N) is 1. The molecule has 2 aromatic heterocycles. The molecule has 6 nitrogen and oxygen atoms in total. The Hall–Kier alpha value is -1.89. The molecule has 0 spiro atoms. The van der Waals surface area contributed by atoms with Crippen LogP contribution in [0.5, 0.6) is 0 Å². The molecule has 0 unspecified atom stereocenters. The first-order valence-corrected chi connectivity index (χ1v) is 5.91. The van der Waals surface area contributed by atoms with Crippen LogP contribution in [0.2, 0.25) is 0 Å². The fourth-order valence-corrected chi connectivity index (χ4v) is 2.07. The molecule has 2 rings (SSSR count). The molecule has 0 aromatic carbocycles. The second kappa shape index (κ2) is 4.54. The molecule has 90 valence electrons. The van der Waals surface area contributed by atoms with E-state index in [0.717, 1.165) is 10.7 Å². The smallest absolute Gasteiger partial charge is 0.259 e. The van der Waals surface area contributed by atoms with Gasteiger partial charge in [-0.15, -0.1) is 11.3 Å². The summed E-state index contributed by atoms with van der Waals surface area (Å²) in [5.74, 6) is 0.123. The van der Waals surface area contributed by atoms with E-state index in [0.29, 0.717) is 12.1 Å². The first kappa shape index (κ1) is 11.6. The van der Waals surface area contributed by atoms with E-state index in [1.807, 2.05) is 12.3 Å². The van der Waals surface area contributed by atoms with Crippen LogP contribution in [0, 0.1) is 6.92 Å². The summed E-state index contributed by atoms with van der Waals surface area (Å²) in [6, 6.07) is 0. The van der Waals surface area contributed by atoms with Gasteiger partial charge < -0.3 is 10.6 Å². The normalized spacial score (nSPS) is 10.5.